The van der Waals surface area contributed by atoms with Crippen LogP contribution in [-0.2, 0) is 25.6 Å². The zero-order chi connectivity index (χ0) is 16.3. The molecular formula is C15H16N2O5. The second kappa shape index (κ2) is 6.38. The van der Waals surface area contributed by atoms with E-state index in [0.717, 1.165) is 17.4 Å². The van der Waals surface area contributed by atoms with Crippen LogP contribution in [0.1, 0.15) is 18.9 Å². The molecule has 0 radical (unpaired) electrons. The van der Waals surface area contributed by atoms with E-state index in [1.807, 2.05) is 6.07 Å². The molecule has 1 heterocycles. The standard InChI is InChI=1S/C15H16N2O5/c1-9(18)17-12(8-13(19)20)14(21)16-11(15(17)22)7-10-5-3-2-4-6-10/h2-6,11-12H,7-8H2,1H3,(H,16,21)(H,19,20)/t11-,12-/m0/s1. The zero-order valence-electron chi connectivity index (χ0n) is 12.0. The molecule has 1 fully saturated rings. The third kappa shape index (κ3) is 3.30. The number of imide groups is 1. The molecule has 116 valence electrons. The average Bonchev–Trinajstić information content (AvgIpc) is 2.44. The first-order valence-corrected chi connectivity index (χ1v) is 6.80. The fourth-order valence-corrected chi connectivity index (χ4v) is 2.48. The molecular weight excluding hydrogens is 288 g/mol. The number of rotatable bonds is 4. The maximum absolute atomic E-state index is 12.4. The van der Waals surface area contributed by atoms with Crippen molar-refractivity contribution in [2.45, 2.75) is 31.8 Å². The Morgan fingerprint density at radius 2 is 1.86 bits per heavy atom. The van der Waals surface area contributed by atoms with Crippen LogP contribution in [0.25, 0.3) is 0 Å². The maximum Gasteiger partial charge on any atom is 0.306 e. The van der Waals surface area contributed by atoms with Gasteiger partial charge in [0.1, 0.15) is 12.1 Å². The fourth-order valence-electron chi connectivity index (χ4n) is 2.48. The molecule has 0 unspecified atom stereocenters. The minimum absolute atomic E-state index is 0.245. The highest BCUT2D eigenvalue weighted by atomic mass is 16.4. The van der Waals surface area contributed by atoms with Gasteiger partial charge < -0.3 is 10.4 Å². The molecule has 0 saturated carbocycles. The van der Waals surface area contributed by atoms with Gasteiger partial charge in [-0.25, -0.2) is 0 Å². The lowest BCUT2D eigenvalue weighted by Crippen LogP contribution is -2.65. The Bertz CT molecular complexity index is 614. The first-order valence-electron chi connectivity index (χ1n) is 6.80. The summed E-state index contributed by atoms with van der Waals surface area (Å²) in [5, 5.41) is 11.4. The van der Waals surface area contributed by atoms with Crippen molar-refractivity contribution in [3.05, 3.63) is 35.9 Å². The van der Waals surface area contributed by atoms with Crippen LogP contribution in [0.4, 0.5) is 0 Å². The molecule has 2 atom stereocenters. The average molecular weight is 304 g/mol. The van der Waals surface area contributed by atoms with Crippen LogP contribution in [0.3, 0.4) is 0 Å². The topological polar surface area (TPSA) is 104 Å². The summed E-state index contributed by atoms with van der Waals surface area (Å²) in [6.07, 6.45) is -0.357. The number of carbonyl (C=O) groups excluding carboxylic acids is 3. The van der Waals surface area contributed by atoms with E-state index in [9.17, 15) is 19.2 Å². The number of piperazine rings is 1. The molecule has 0 aromatic heterocycles. The summed E-state index contributed by atoms with van der Waals surface area (Å²) in [7, 11) is 0. The van der Waals surface area contributed by atoms with E-state index < -0.39 is 42.2 Å². The van der Waals surface area contributed by atoms with Crippen LogP contribution in [0, 0.1) is 0 Å². The molecule has 1 saturated heterocycles. The van der Waals surface area contributed by atoms with Crippen LogP contribution in [0.15, 0.2) is 30.3 Å². The van der Waals surface area contributed by atoms with E-state index in [1.165, 1.54) is 0 Å². The predicted octanol–water partition coefficient (Wildman–Crippen LogP) is -0.0541. The summed E-state index contributed by atoms with van der Waals surface area (Å²) in [6, 6.07) is 6.89. The summed E-state index contributed by atoms with van der Waals surface area (Å²) in [6.45, 7) is 1.14. The first kappa shape index (κ1) is 15.7. The highest BCUT2D eigenvalue weighted by Gasteiger charge is 2.43. The van der Waals surface area contributed by atoms with Crippen molar-refractivity contribution >= 4 is 23.7 Å². The monoisotopic (exact) mass is 304 g/mol. The third-order valence-electron chi connectivity index (χ3n) is 3.46. The number of carboxylic acid groups (broad SMARTS) is 1. The molecule has 1 aromatic carbocycles. The molecule has 22 heavy (non-hydrogen) atoms. The lowest BCUT2D eigenvalue weighted by molar-refractivity contribution is -0.159. The number of hydrogen-bond donors (Lipinski definition) is 2. The summed E-state index contributed by atoms with van der Waals surface area (Å²) < 4.78 is 0. The molecule has 0 aliphatic carbocycles. The van der Waals surface area contributed by atoms with Gasteiger partial charge >= 0.3 is 5.97 Å². The number of nitrogens with zero attached hydrogens (tertiary/aromatic N) is 1. The molecule has 1 aliphatic heterocycles. The fraction of sp³-hybridized carbons (Fsp3) is 0.333. The van der Waals surface area contributed by atoms with Crippen molar-refractivity contribution in [3.63, 3.8) is 0 Å². The number of hydrogen-bond acceptors (Lipinski definition) is 4. The van der Waals surface area contributed by atoms with Gasteiger partial charge in [0.15, 0.2) is 0 Å². The number of aliphatic carboxylic acids is 1. The normalized spacial score (nSPS) is 21.4. The molecule has 2 rings (SSSR count). The van der Waals surface area contributed by atoms with Crippen molar-refractivity contribution in [3.8, 4) is 0 Å². The quantitative estimate of drug-likeness (QED) is 0.811. The lowest BCUT2D eigenvalue weighted by Gasteiger charge is -2.36. The highest BCUT2D eigenvalue weighted by molar-refractivity contribution is 6.07. The number of carbonyl (C=O) groups is 4. The number of nitrogens with one attached hydrogen (secondary N) is 1. The van der Waals surface area contributed by atoms with Gasteiger partial charge in [0.2, 0.25) is 11.8 Å². The Kier molecular flexibility index (Phi) is 4.55. The number of carboxylic acids is 1. The summed E-state index contributed by atoms with van der Waals surface area (Å²) >= 11 is 0. The highest BCUT2D eigenvalue weighted by Crippen LogP contribution is 2.16. The smallest absolute Gasteiger partial charge is 0.306 e. The van der Waals surface area contributed by atoms with Crippen molar-refractivity contribution in [2.24, 2.45) is 0 Å². The van der Waals surface area contributed by atoms with Gasteiger partial charge in [-0.2, -0.15) is 0 Å². The summed E-state index contributed by atoms with van der Waals surface area (Å²) in [5.41, 5.74) is 0.835. The van der Waals surface area contributed by atoms with E-state index in [-0.39, 0.29) is 6.42 Å². The molecule has 7 nitrogen and oxygen atoms in total. The van der Waals surface area contributed by atoms with Crippen LogP contribution >= 0.6 is 0 Å². The molecule has 3 amide bonds. The molecule has 1 aliphatic rings. The molecule has 2 N–H and O–H groups in total. The third-order valence-corrected chi connectivity index (χ3v) is 3.46. The van der Waals surface area contributed by atoms with E-state index in [2.05, 4.69) is 5.32 Å². The summed E-state index contributed by atoms with van der Waals surface area (Å²) in [5.74, 6) is -3.09. The minimum Gasteiger partial charge on any atom is -0.481 e. The molecule has 0 bridgehead atoms. The van der Waals surface area contributed by atoms with Crippen LogP contribution in [0.2, 0.25) is 0 Å². The second-order valence-electron chi connectivity index (χ2n) is 5.09. The van der Waals surface area contributed by atoms with Crippen molar-refractivity contribution in [1.82, 2.24) is 10.2 Å². The van der Waals surface area contributed by atoms with Crippen molar-refractivity contribution in [1.29, 1.82) is 0 Å². The van der Waals surface area contributed by atoms with Gasteiger partial charge in [-0.05, 0) is 5.56 Å². The van der Waals surface area contributed by atoms with Crippen molar-refractivity contribution < 1.29 is 24.3 Å². The van der Waals surface area contributed by atoms with E-state index in [0.29, 0.717) is 0 Å². The van der Waals surface area contributed by atoms with Gasteiger partial charge in [-0.1, -0.05) is 30.3 Å². The Balaban J connectivity index is 2.23. The van der Waals surface area contributed by atoms with Crippen LogP contribution in [-0.4, -0.2) is 45.8 Å². The second-order valence-corrected chi connectivity index (χ2v) is 5.09. The summed E-state index contributed by atoms with van der Waals surface area (Å²) in [4.78, 5) is 47.7. The van der Waals surface area contributed by atoms with Gasteiger partial charge in [-0.15, -0.1) is 0 Å². The molecule has 7 heteroatoms. The first-order chi connectivity index (χ1) is 10.4. The van der Waals surface area contributed by atoms with E-state index in [4.69, 9.17) is 5.11 Å². The largest absolute Gasteiger partial charge is 0.481 e. The molecule has 1 aromatic rings. The Labute approximate surface area is 126 Å². The van der Waals surface area contributed by atoms with Gasteiger partial charge in [-0.3, -0.25) is 24.1 Å². The number of benzene rings is 1. The SMILES string of the molecule is CC(=O)N1C(=O)[C@H](Cc2ccccc2)NC(=O)[C@@H]1CC(=O)O. The predicted molar refractivity (Wildman–Crippen MR) is 75.6 cm³/mol. The minimum atomic E-state index is -1.30. The maximum atomic E-state index is 12.4. The van der Waals surface area contributed by atoms with Gasteiger partial charge in [0, 0.05) is 13.3 Å². The van der Waals surface area contributed by atoms with Gasteiger partial charge in [0.05, 0.1) is 6.42 Å². The van der Waals surface area contributed by atoms with Crippen LogP contribution in [0.5, 0.6) is 0 Å². The van der Waals surface area contributed by atoms with Crippen molar-refractivity contribution in [2.75, 3.05) is 0 Å². The van der Waals surface area contributed by atoms with E-state index >= 15 is 0 Å². The molecule has 0 spiro atoms. The zero-order valence-corrected chi connectivity index (χ0v) is 12.0. The Morgan fingerprint density at radius 1 is 1.23 bits per heavy atom. The Hall–Kier alpha value is -2.70. The van der Waals surface area contributed by atoms with E-state index in [1.54, 1.807) is 24.3 Å². The number of amides is 3. The van der Waals surface area contributed by atoms with Crippen LogP contribution < -0.4 is 5.32 Å². The van der Waals surface area contributed by atoms with Gasteiger partial charge in [0.25, 0.3) is 5.91 Å². The Morgan fingerprint density at radius 3 is 2.41 bits per heavy atom. The lowest BCUT2D eigenvalue weighted by atomic mass is 9.99.